The summed E-state index contributed by atoms with van der Waals surface area (Å²) < 4.78 is 0. The summed E-state index contributed by atoms with van der Waals surface area (Å²) in [5.74, 6) is 0. The summed E-state index contributed by atoms with van der Waals surface area (Å²) in [6, 6.07) is 7.91. The molecule has 0 aliphatic carbocycles. The Hall–Kier alpha value is -0.600. The van der Waals surface area contributed by atoms with Crippen LogP contribution in [0.3, 0.4) is 0 Å². The van der Waals surface area contributed by atoms with Crippen LogP contribution in [0.4, 0.5) is 0 Å². The van der Waals surface area contributed by atoms with Gasteiger partial charge in [0.1, 0.15) is 0 Å². The highest BCUT2D eigenvalue weighted by atomic mass is 79.9. The Morgan fingerprint density at radius 3 is 2.93 bits per heavy atom. The van der Waals surface area contributed by atoms with Gasteiger partial charge in [-0.05, 0) is 30.2 Å². The molecule has 78 valence electrons. The maximum Gasteiger partial charge on any atom is 0.0719 e. The van der Waals surface area contributed by atoms with E-state index in [0.717, 1.165) is 17.0 Å². The quantitative estimate of drug-likeness (QED) is 0.753. The molecular weight excluding hydrogens is 273 g/mol. The predicted octanol–water partition coefficient (Wildman–Crippen LogP) is 4.21. The number of halogens is 2. The molecule has 3 heteroatoms. The van der Waals surface area contributed by atoms with Gasteiger partial charge in [-0.2, -0.15) is 0 Å². The number of pyridine rings is 1. The molecule has 0 saturated carbocycles. The zero-order valence-corrected chi connectivity index (χ0v) is 10.7. The van der Waals surface area contributed by atoms with Crippen LogP contribution >= 0.6 is 27.5 Å². The Kier molecular flexibility index (Phi) is 3.27. The third-order valence-electron chi connectivity index (χ3n) is 2.30. The lowest BCUT2D eigenvalue weighted by molar-refractivity contribution is 0.966. The van der Waals surface area contributed by atoms with Crippen LogP contribution < -0.4 is 0 Å². The molecule has 0 spiro atoms. The lowest BCUT2D eigenvalue weighted by Crippen LogP contribution is -1.97. The van der Waals surface area contributed by atoms with E-state index in [1.165, 1.54) is 10.9 Å². The van der Waals surface area contributed by atoms with E-state index in [9.17, 15) is 0 Å². The Morgan fingerprint density at radius 2 is 2.20 bits per heavy atom. The van der Waals surface area contributed by atoms with Crippen molar-refractivity contribution in [3.8, 4) is 0 Å². The minimum absolute atomic E-state index is 0.471. The van der Waals surface area contributed by atoms with Crippen LogP contribution in [0.25, 0.3) is 10.9 Å². The average Bonchev–Trinajstić information content (AvgIpc) is 2.16. The fourth-order valence-corrected chi connectivity index (χ4v) is 2.18. The van der Waals surface area contributed by atoms with E-state index in [2.05, 4.69) is 33.9 Å². The number of rotatable bonds is 2. The Labute approximate surface area is 103 Å². The molecule has 1 nitrogen and oxygen atoms in total. The Morgan fingerprint density at radius 1 is 1.40 bits per heavy atom. The molecule has 1 unspecified atom stereocenters. The highest BCUT2D eigenvalue weighted by molar-refractivity contribution is 9.09. The summed E-state index contributed by atoms with van der Waals surface area (Å²) in [7, 11) is 0. The first kappa shape index (κ1) is 10.9. The van der Waals surface area contributed by atoms with Gasteiger partial charge >= 0.3 is 0 Å². The van der Waals surface area contributed by atoms with E-state index in [1.807, 2.05) is 24.4 Å². The summed E-state index contributed by atoms with van der Waals surface area (Å²) >= 11 is 9.49. The topological polar surface area (TPSA) is 12.9 Å². The second-order valence-electron chi connectivity index (χ2n) is 3.62. The van der Waals surface area contributed by atoms with Crippen LogP contribution in [0.2, 0.25) is 5.02 Å². The maximum absolute atomic E-state index is 5.93. The van der Waals surface area contributed by atoms with Crippen molar-refractivity contribution in [3.05, 3.63) is 41.0 Å². The van der Waals surface area contributed by atoms with Crippen molar-refractivity contribution in [1.82, 2.24) is 4.98 Å². The number of benzene rings is 1. The largest absolute Gasteiger partial charge is 0.256 e. The van der Waals surface area contributed by atoms with Gasteiger partial charge in [0.15, 0.2) is 0 Å². The second kappa shape index (κ2) is 4.50. The molecule has 0 N–H and O–H groups in total. The zero-order chi connectivity index (χ0) is 10.8. The molecule has 2 aromatic rings. The first-order chi connectivity index (χ1) is 7.16. The van der Waals surface area contributed by atoms with Gasteiger partial charge in [0.25, 0.3) is 0 Å². The van der Waals surface area contributed by atoms with Crippen molar-refractivity contribution in [2.75, 3.05) is 0 Å². The fourth-order valence-electron chi connectivity index (χ4n) is 1.66. The van der Waals surface area contributed by atoms with Crippen LogP contribution in [0.15, 0.2) is 30.5 Å². The van der Waals surface area contributed by atoms with E-state index in [0.29, 0.717) is 4.83 Å². The highest BCUT2D eigenvalue weighted by Crippen LogP contribution is 2.22. The van der Waals surface area contributed by atoms with E-state index in [1.54, 1.807) is 0 Å². The highest BCUT2D eigenvalue weighted by Gasteiger charge is 2.05. The van der Waals surface area contributed by atoms with Gasteiger partial charge in [-0.3, -0.25) is 4.98 Å². The maximum atomic E-state index is 5.93. The van der Waals surface area contributed by atoms with E-state index < -0.39 is 0 Å². The molecule has 1 aromatic heterocycles. The molecule has 1 heterocycles. The number of hydrogen-bond donors (Lipinski definition) is 0. The summed E-state index contributed by atoms with van der Waals surface area (Å²) in [6.45, 7) is 2.14. The second-order valence-corrected chi connectivity index (χ2v) is 5.62. The van der Waals surface area contributed by atoms with Gasteiger partial charge in [-0.25, -0.2) is 0 Å². The predicted molar refractivity (Wildman–Crippen MR) is 68.8 cm³/mol. The van der Waals surface area contributed by atoms with Crippen LogP contribution in [0.1, 0.15) is 12.5 Å². The van der Waals surface area contributed by atoms with Crippen molar-refractivity contribution in [3.63, 3.8) is 0 Å². The van der Waals surface area contributed by atoms with Crippen molar-refractivity contribution in [2.45, 2.75) is 18.2 Å². The number of aromatic nitrogens is 1. The van der Waals surface area contributed by atoms with Gasteiger partial charge in [-0.1, -0.05) is 40.5 Å². The van der Waals surface area contributed by atoms with Gasteiger partial charge in [-0.15, -0.1) is 0 Å². The van der Waals surface area contributed by atoms with Crippen LogP contribution in [0.5, 0.6) is 0 Å². The van der Waals surface area contributed by atoms with Gasteiger partial charge in [0.05, 0.1) is 5.52 Å². The van der Waals surface area contributed by atoms with Crippen LogP contribution in [-0.4, -0.2) is 9.81 Å². The summed E-state index contributed by atoms with van der Waals surface area (Å²) in [4.78, 5) is 4.78. The standard InChI is InChI=1S/C12H11BrClN/c1-8(13)6-9-4-5-15-12-7-10(14)2-3-11(9)12/h2-5,7-8H,6H2,1H3. The van der Waals surface area contributed by atoms with E-state index in [-0.39, 0.29) is 0 Å². The molecule has 1 aromatic carbocycles. The molecule has 0 aliphatic rings. The van der Waals surface area contributed by atoms with E-state index >= 15 is 0 Å². The number of nitrogens with zero attached hydrogens (tertiary/aromatic N) is 1. The summed E-state index contributed by atoms with van der Waals surface area (Å²) in [6.07, 6.45) is 2.84. The van der Waals surface area contributed by atoms with Crippen molar-refractivity contribution < 1.29 is 0 Å². The molecular formula is C12H11BrClN. The fraction of sp³-hybridized carbons (Fsp3) is 0.250. The molecule has 15 heavy (non-hydrogen) atoms. The Bertz CT molecular complexity index is 482. The average molecular weight is 285 g/mol. The SMILES string of the molecule is CC(Br)Cc1ccnc2cc(Cl)ccc12. The molecule has 0 aliphatic heterocycles. The molecule has 2 rings (SSSR count). The molecule has 0 saturated heterocycles. The zero-order valence-electron chi connectivity index (χ0n) is 8.37. The molecule has 0 radical (unpaired) electrons. The lowest BCUT2D eigenvalue weighted by Gasteiger charge is -2.07. The van der Waals surface area contributed by atoms with Gasteiger partial charge in [0.2, 0.25) is 0 Å². The number of fused-ring (bicyclic) bond motifs is 1. The normalized spacial score (nSPS) is 13.0. The first-order valence-corrected chi connectivity index (χ1v) is 6.13. The van der Waals surface area contributed by atoms with E-state index in [4.69, 9.17) is 11.6 Å². The third kappa shape index (κ3) is 2.50. The van der Waals surface area contributed by atoms with Crippen LogP contribution in [-0.2, 0) is 6.42 Å². The minimum atomic E-state index is 0.471. The monoisotopic (exact) mass is 283 g/mol. The number of hydrogen-bond acceptors (Lipinski definition) is 1. The lowest BCUT2D eigenvalue weighted by atomic mass is 10.1. The van der Waals surface area contributed by atoms with Crippen LogP contribution in [0, 0.1) is 0 Å². The van der Waals surface area contributed by atoms with Crippen molar-refractivity contribution >= 4 is 38.4 Å². The van der Waals surface area contributed by atoms with Gasteiger partial charge in [0, 0.05) is 21.4 Å². The van der Waals surface area contributed by atoms with Crippen molar-refractivity contribution in [1.29, 1.82) is 0 Å². The summed E-state index contributed by atoms with van der Waals surface area (Å²) in [5, 5.41) is 1.92. The molecule has 0 fully saturated rings. The third-order valence-corrected chi connectivity index (χ3v) is 2.86. The first-order valence-electron chi connectivity index (χ1n) is 4.84. The smallest absolute Gasteiger partial charge is 0.0719 e. The summed E-state index contributed by atoms with van der Waals surface area (Å²) in [5.41, 5.74) is 2.27. The number of alkyl halides is 1. The minimum Gasteiger partial charge on any atom is -0.256 e. The Balaban J connectivity index is 2.56. The molecule has 0 amide bonds. The van der Waals surface area contributed by atoms with Crippen molar-refractivity contribution in [2.24, 2.45) is 0 Å². The molecule has 0 bridgehead atoms. The molecule has 1 atom stereocenters. The van der Waals surface area contributed by atoms with Gasteiger partial charge < -0.3 is 0 Å².